The average Bonchev–Trinajstić information content (AvgIpc) is 2.33. The number of piperazine rings is 1. The SMILES string of the molecule is Cc1ccc(NC(=O)C[NH+]2CCNC(=O)C2)c(C)c1. The standard InChI is InChI=1S/C14H19N3O2/c1-10-3-4-12(11(2)7-10)16-14(19)9-17-6-5-15-13(18)8-17/h3-4,7H,5-6,8-9H2,1-2H3,(H,15,18)(H,16,19)/p+1. The van der Waals surface area contributed by atoms with E-state index in [0.717, 1.165) is 22.7 Å². The van der Waals surface area contributed by atoms with Crippen molar-refractivity contribution in [2.75, 3.05) is 31.5 Å². The molecule has 1 aromatic rings. The topological polar surface area (TPSA) is 62.6 Å². The molecule has 0 aliphatic carbocycles. The Kier molecular flexibility index (Phi) is 4.16. The van der Waals surface area contributed by atoms with Crippen LogP contribution in [-0.2, 0) is 9.59 Å². The number of aryl methyl sites for hydroxylation is 2. The largest absolute Gasteiger partial charge is 0.346 e. The van der Waals surface area contributed by atoms with Gasteiger partial charge in [0.25, 0.3) is 11.8 Å². The van der Waals surface area contributed by atoms with Crippen LogP contribution in [0.5, 0.6) is 0 Å². The first-order valence-electron chi connectivity index (χ1n) is 6.52. The first-order chi connectivity index (χ1) is 9.04. The molecule has 0 aromatic heterocycles. The Hall–Kier alpha value is -1.88. The lowest BCUT2D eigenvalue weighted by Gasteiger charge is -2.23. The number of benzene rings is 1. The first-order valence-corrected chi connectivity index (χ1v) is 6.52. The smallest absolute Gasteiger partial charge is 0.279 e. The number of anilines is 1. The van der Waals surface area contributed by atoms with Crippen molar-refractivity contribution in [2.24, 2.45) is 0 Å². The van der Waals surface area contributed by atoms with Crippen molar-refractivity contribution in [3.05, 3.63) is 29.3 Å². The molecule has 1 fully saturated rings. The number of hydrogen-bond acceptors (Lipinski definition) is 2. The molecule has 2 amide bonds. The van der Waals surface area contributed by atoms with E-state index in [0.29, 0.717) is 19.6 Å². The molecule has 2 rings (SSSR count). The van der Waals surface area contributed by atoms with E-state index in [1.807, 2.05) is 32.0 Å². The second-order valence-electron chi connectivity index (χ2n) is 5.07. The molecule has 1 aliphatic rings. The summed E-state index contributed by atoms with van der Waals surface area (Å²) in [5.41, 5.74) is 3.07. The molecule has 3 N–H and O–H groups in total. The zero-order chi connectivity index (χ0) is 13.8. The Labute approximate surface area is 113 Å². The zero-order valence-electron chi connectivity index (χ0n) is 11.4. The fourth-order valence-corrected chi connectivity index (χ4v) is 2.28. The average molecular weight is 262 g/mol. The van der Waals surface area contributed by atoms with Gasteiger partial charge in [-0.1, -0.05) is 17.7 Å². The summed E-state index contributed by atoms with van der Waals surface area (Å²) in [4.78, 5) is 24.2. The summed E-state index contributed by atoms with van der Waals surface area (Å²) in [6.07, 6.45) is 0. The Morgan fingerprint density at radius 2 is 2.21 bits per heavy atom. The predicted octanol–water partition coefficient (Wildman–Crippen LogP) is -0.743. The fourth-order valence-electron chi connectivity index (χ4n) is 2.28. The van der Waals surface area contributed by atoms with E-state index in [2.05, 4.69) is 10.6 Å². The molecule has 1 saturated heterocycles. The number of carbonyl (C=O) groups is 2. The highest BCUT2D eigenvalue weighted by molar-refractivity contribution is 5.92. The van der Waals surface area contributed by atoms with Gasteiger partial charge in [-0.05, 0) is 25.5 Å². The number of rotatable bonds is 3. The Morgan fingerprint density at radius 1 is 1.42 bits per heavy atom. The van der Waals surface area contributed by atoms with Gasteiger partial charge >= 0.3 is 0 Å². The molecular formula is C14H20N3O2+. The van der Waals surface area contributed by atoms with Crippen LogP contribution in [-0.4, -0.2) is 38.0 Å². The molecule has 19 heavy (non-hydrogen) atoms. The summed E-state index contributed by atoms with van der Waals surface area (Å²) in [6.45, 7) is 6.15. The maximum Gasteiger partial charge on any atom is 0.279 e. The van der Waals surface area contributed by atoms with E-state index in [9.17, 15) is 9.59 Å². The first kappa shape index (κ1) is 13.5. The highest BCUT2D eigenvalue weighted by Gasteiger charge is 2.22. The molecule has 5 nitrogen and oxygen atoms in total. The van der Waals surface area contributed by atoms with E-state index in [1.54, 1.807) is 0 Å². The van der Waals surface area contributed by atoms with Gasteiger partial charge in [0.15, 0.2) is 13.1 Å². The molecular weight excluding hydrogens is 242 g/mol. The predicted molar refractivity (Wildman–Crippen MR) is 73.1 cm³/mol. The van der Waals surface area contributed by atoms with Crippen LogP contribution >= 0.6 is 0 Å². The molecule has 0 radical (unpaired) electrons. The lowest BCUT2D eigenvalue weighted by atomic mass is 10.1. The minimum absolute atomic E-state index is 0.0144. The van der Waals surface area contributed by atoms with E-state index in [4.69, 9.17) is 0 Å². The number of quaternary nitrogens is 1. The monoisotopic (exact) mass is 262 g/mol. The fraction of sp³-hybridized carbons (Fsp3) is 0.429. The summed E-state index contributed by atoms with van der Waals surface area (Å²) in [6, 6.07) is 5.93. The van der Waals surface area contributed by atoms with Gasteiger partial charge in [-0.3, -0.25) is 9.59 Å². The van der Waals surface area contributed by atoms with Crippen molar-refractivity contribution in [1.82, 2.24) is 5.32 Å². The van der Waals surface area contributed by atoms with Crippen LogP contribution in [0.2, 0.25) is 0 Å². The summed E-state index contributed by atoms with van der Waals surface area (Å²) >= 11 is 0. The van der Waals surface area contributed by atoms with E-state index >= 15 is 0 Å². The van der Waals surface area contributed by atoms with Crippen LogP contribution in [0.15, 0.2) is 18.2 Å². The van der Waals surface area contributed by atoms with Crippen LogP contribution in [0.3, 0.4) is 0 Å². The Morgan fingerprint density at radius 3 is 2.89 bits per heavy atom. The van der Waals surface area contributed by atoms with Crippen molar-refractivity contribution in [3.63, 3.8) is 0 Å². The van der Waals surface area contributed by atoms with Gasteiger partial charge in [-0.2, -0.15) is 0 Å². The van der Waals surface area contributed by atoms with Gasteiger partial charge in [0, 0.05) is 5.69 Å². The van der Waals surface area contributed by atoms with E-state index in [-0.39, 0.29) is 11.8 Å². The third-order valence-electron chi connectivity index (χ3n) is 3.28. The van der Waals surface area contributed by atoms with Crippen LogP contribution in [0, 0.1) is 13.8 Å². The maximum atomic E-state index is 12.0. The van der Waals surface area contributed by atoms with Gasteiger partial charge in [0.1, 0.15) is 0 Å². The minimum Gasteiger partial charge on any atom is -0.346 e. The normalized spacial score (nSPS) is 18.8. The molecule has 0 saturated carbocycles. The Balaban J connectivity index is 1.92. The number of nitrogens with one attached hydrogen (secondary N) is 3. The van der Waals surface area contributed by atoms with Crippen molar-refractivity contribution in [1.29, 1.82) is 0 Å². The second-order valence-corrected chi connectivity index (χ2v) is 5.07. The lowest BCUT2D eigenvalue weighted by Crippen LogP contribution is -3.16. The van der Waals surface area contributed by atoms with Crippen molar-refractivity contribution < 1.29 is 14.5 Å². The minimum atomic E-state index is -0.0448. The summed E-state index contributed by atoms with van der Waals surface area (Å²) < 4.78 is 0. The molecule has 0 bridgehead atoms. The van der Waals surface area contributed by atoms with Crippen molar-refractivity contribution >= 4 is 17.5 Å². The van der Waals surface area contributed by atoms with Crippen LogP contribution < -0.4 is 15.5 Å². The summed E-state index contributed by atoms with van der Waals surface area (Å²) in [5.74, 6) is -0.0304. The van der Waals surface area contributed by atoms with E-state index < -0.39 is 0 Å². The van der Waals surface area contributed by atoms with Gasteiger partial charge in [-0.25, -0.2) is 0 Å². The van der Waals surface area contributed by atoms with Gasteiger partial charge in [0.05, 0.1) is 13.1 Å². The quantitative estimate of drug-likeness (QED) is 0.671. The zero-order valence-corrected chi connectivity index (χ0v) is 11.4. The number of amides is 2. The molecule has 1 aromatic carbocycles. The molecule has 102 valence electrons. The van der Waals surface area contributed by atoms with Crippen molar-refractivity contribution in [3.8, 4) is 0 Å². The third-order valence-corrected chi connectivity index (χ3v) is 3.28. The van der Waals surface area contributed by atoms with Crippen molar-refractivity contribution in [2.45, 2.75) is 13.8 Å². The molecule has 1 heterocycles. The van der Waals surface area contributed by atoms with Crippen LogP contribution in [0.1, 0.15) is 11.1 Å². The highest BCUT2D eigenvalue weighted by Crippen LogP contribution is 2.15. The molecule has 1 aliphatic heterocycles. The van der Waals surface area contributed by atoms with Gasteiger partial charge < -0.3 is 15.5 Å². The third kappa shape index (κ3) is 3.79. The molecule has 1 unspecified atom stereocenters. The number of hydrogen-bond donors (Lipinski definition) is 3. The molecule has 5 heteroatoms. The van der Waals surface area contributed by atoms with E-state index in [1.165, 1.54) is 5.56 Å². The summed E-state index contributed by atoms with van der Waals surface area (Å²) in [5, 5.41) is 5.67. The molecule has 1 atom stereocenters. The molecule has 0 spiro atoms. The Bertz CT molecular complexity index is 499. The van der Waals surface area contributed by atoms with Gasteiger partial charge in [0.2, 0.25) is 0 Å². The number of carbonyl (C=O) groups excluding carboxylic acids is 2. The summed E-state index contributed by atoms with van der Waals surface area (Å²) in [7, 11) is 0. The van der Waals surface area contributed by atoms with Crippen LogP contribution in [0.25, 0.3) is 0 Å². The van der Waals surface area contributed by atoms with Crippen LogP contribution in [0.4, 0.5) is 5.69 Å². The lowest BCUT2D eigenvalue weighted by molar-refractivity contribution is -0.885. The highest BCUT2D eigenvalue weighted by atomic mass is 16.2. The second kappa shape index (κ2) is 5.84. The maximum absolute atomic E-state index is 12.0. The van der Waals surface area contributed by atoms with Gasteiger partial charge in [-0.15, -0.1) is 0 Å².